The Kier molecular flexibility index (Phi) is 3.87. The molecule has 6 nitrogen and oxygen atoms in total. The van der Waals surface area contributed by atoms with Gasteiger partial charge in [0, 0.05) is 31.6 Å². The maximum absolute atomic E-state index is 12.0. The van der Waals surface area contributed by atoms with Gasteiger partial charge in [-0.1, -0.05) is 18.2 Å². The summed E-state index contributed by atoms with van der Waals surface area (Å²) in [4.78, 5) is 25.7. The summed E-state index contributed by atoms with van der Waals surface area (Å²) in [5, 5.41) is 6.66. The Morgan fingerprint density at radius 2 is 2.00 bits per heavy atom. The van der Waals surface area contributed by atoms with Gasteiger partial charge in [0.2, 0.25) is 5.91 Å². The Balaban J connectivity index is 1.59. The third-order valence-corrected chi connectivity index (χ3v) is 3.52. The predicted molar refractivity (Wildman–Crippen MR) is 78.0 cm³/mol. The number of hydrogen-bond acceptors (Lipinski definition) is 4. The zero-order valence-electron chi connectivity index (χ0n) is 11.6. The number of piperazine rings is 1. The number of nitrogens with one attached hydrogen (secondary N) is 2. The summed E-state index contributed by atoms with van der Waals surface area (Å²) in [6.07, 6.45) is 0. The molecule has 1 aromatic heterocycles. The van der Waals surface area contributed by atoms with Gasteiger partial charge in [0.15, 0.2) is 5.76 Å². The monoisotopic (exact) mass is 287 g/mol. The highest BCUT2D eigenvalue weighted by Gasteiger charge is 2.18. The van der Waals surface area contributed by atoms with Crippen LogP contribution in [0.1, 0.15) is 10.6 Å². The number of para-hydroxylation sites is 1. The minimum atomic E-state index is -0.366. The van der Waals surface area contributed by atoms with Crippen LogP contribution >= 0.6 is 0 Å². The normalized spacial score (nSPS) is 15.1. The van der Waals surface area contributed by atoms with E-state index in [1.165, 1.54) is 0 Å². The molecule has 21 heavy (non-hydrogen) atoms. The van der Waals surface area contributed by atoms with Gasteiger partial charge in [0.05, 0.1) is 6.54 Å². The van der Waals surface area contributed by atoms with Gasteiger partial charge in [0.25, 0.3) is 5.91 Å². The molecule has 1 fully saturated rings. The number of fused-ring (bicyclic) bond motifs is 1. The molecule has 0 aliphatic carbocycles. The molecule has 2 heterocycles. The van der Waals surface area contributed by atoms with Gasteiger partial charge >= 0.3 is 0 Å². The van der Waals surface area contributed by atoms with E-state index in [4.69, 9.17) is 4.42 Å². The summed E-state index contributed by atoms with van der Waals surface area (Å²) in [5.41, 5.74) is 0.663. The van der Waals surface area contributed by atoms with Crippen LogP contribution in [0.2, 0.25) is 0 Å². The molecule has 110 valence electrons. The molecule has 0 radical (unpaired) electrons. The molecule has 1 saturated heterocycles. The lowest BCUT2D eigenvalue weighted by molar-refractivity contribution is -0.130. The maximum Gasteiger partial charge on any atom is 0.287 e. The second-order valence-corrected chi connectivity index (χ2v) is 4.96. The predicted octanol–water partition coefficient (Wildman–Crippen LogP) is 0.594. The molecule has 3 rings (SSSR count). The minimum absolute atomic E-state index is 0.00409. The van der Waals surface area contributed by atoms with Crippen LogP contribution in [-0.4, -0.2) is 49.4 Å². The van der Waals surface area contributed by atoms with Crippen molar-refractivity contribution in [3.8, 4) is 0 Å². The molecule has 2 amide bonds. The van der Waals surface area contributed by atoms with Crippen LogP contribution in [0.25, 0.3) is 11.0 Å². The second-order valence-electron chi connectivity index (χ2n) is 4.96. The van der Waals surface area contributed by atoms with Crippen molar-refractivity contribution < 1.29 is 14.0 Å². The summed E-state index contributed by atoms with van der Waals surface area (Å²) in [6, 6.07) is 9.09. The fraction of sp³-hybridized carbons (Fsp3) is 0.333. The van der Waals surface area contributed by atoms with E-state index in [9.17, 15) is 9.59 Å². The highest BCUT2D eigenvalue weighted by molar-refractivity contribution is 5.97. The van der Waals surface area contributed by atoms with Gasteiger partial charge in [-0.15, -0.1) is 0 Å². The van der Waals surface area contributed by atoms with Crippen molar-refractivity contribution in [1.29, 1.82) is 0 Å². The Hall–Kier alpha value is -2.34. The van der Waals surface area contributed by atoms with Crippen molar-refractivity contribution in [1.82, 2.24) is 15.5 Å². The SMILES string of the molecule is O=C(NCC(=O)N1CCNCC1)c1cc2ccccc2o1. The van der Waals surface area contributed by atoms with Crippen LogP contribution in [0.15, 0.2) is 34.7 Å². The zero-order valence-corrected chi connectivity index (χ0v) is 11.6. The molecule has 1 aliphatic rings. The minimum Gasteiger partial charge on any atom is -0.451 e. The summed E-state index contributed by atoms with van der Waals surface area (Å²) in [5.74, 6) is -0.208. The van der Waals surface area contributed by atoms with Crippen LogP contribution in [0.3, 0.4) is 0 Å². The Morgan fingerprint density at radius 3 is 2.76 bits per heavy atom. The topological polar surface area (TPSA) is 74.6 Å². The van der Waals surface area contributed by atoms with E-state index in [0.717, 1.165) is 18.5 Å². The number of benzene rings is 1. The molecule has 0 spiro atoms. The Morgan fingerprint density at radius 1 is 1.24 bits per heavy atom. The van der Waals surface area contributed by atoms with Gasteiger partial charge in [-0.3, -0.25) is 9.59 Å². The third kappa shape index (κ3) is 3.05. The van der Waals surface area contributed by atoms with E-state index in [1.807, 2.05) is 18.2 Å². The second kappa shape index (κ2) is 5.97. The molecule has 0 unspecified atom stereocenters. The molecule has 0 bridgehead atoms. The number of rotatable bonds is 3. The smallest absolute Gasteiger partial charge is 0.287 e. The lowest BCUT2D eigenvalue weighted by Gasteiger charge is -2.27. The van der Waals surface area contributed by atoms with Crippen LogP contribution in [0.4, 0.5) is 0 Å². The number of carbonyl (C=O) groups is 2. The summed E-state index contributed by atoms with van der Waals surface area (Å²) in [6.45, 7) is 2.95. The van der Waals surface area contributed by atoms with Crippen molar-refractivity contribution in [2.24, 2.45) is 0 Å². The lowest BCUT2D eigenvalue weighted by Crippen LogP contribution is -2.49. The van der Waals surface area contributed by atoms with E-state index in [-0.39, 0.29) is 24.1 Å². The largest absolute Gasteiger partial charge is 0.451 e. The van der Waals surface area contributed by atoms with Crippen LogP contribution in [0, 0.1) is 0 Å². The van der Waals surface area contributed by atoms with Crippen molar-refractivity contribution in [2.45, 2.75) is 0 Å². The Bertz CT molecular complexity index is 626. The number of hydrogen-bond donors (Lipinski definition) is 2. The highest BCUT2D eigenvalue weighted by Crippen LogP contribution is 2.18. The third-order valence-electron chi connectivity index (χ3n) is 3.52. The van der Waals surface area contributed by atoms with Crippen molar-refractivity contribution in [2.75, 3.05) is 32.7 Å². The van der Waals surface area contributed by atoms with E-state index < -0.39 is 0 Å². The van der Waals surface area contributed by atoms with Crippen molar-refractivity contribution >= 4 is 22.8 Å². The van der Waals surface area contributed by atoms with Gasteiger partial charge in [0.1, 0.15) is 5.58 Å². The fourth-order valence-corrected chi connectivity index (χ4v) is 2.36. The van der Waals surface area contributed by atoms with Crippen molar-refractivity contribution in [3.05, 3.63) is 36.1 Å². The first-order valence-corrected chi connectivity index (χ1v) is 6.99. The molecule has 1 aromatic carbocycles. The molecular weight excluding hydrogens is 270 g/mol. The average molecular weight is 287 g/mol. The summed E-state index contributed by atoms with van der Waals surface area (Å²) in [7, 11) is 0. The van der Waals surface area contributed by atoms with Crippen LogP contribution < -0.4 is 10.6 Å². The molecule has 1 aliphatic heterocycles. The van der Waals surface area contributed by atoms with E-state index in [0.29, 0.717) is 18.7 Å². The summed E-state index contributed by atoms with van der Waals surface area (Å²) < 4.78 is 5.46. The number of carbonyl (C=O) groups excluding carboxylic acids is 2. The first-order chi connectivity index (χ1) is 10.2. The summed E-state index contributed by atoms with van der Waals surface area (Å²) >= 11 is 0. The average Bonchev–Trinajstić information content (AvgIpc) is 2.97. The lowest BCUT2D eigenvalue weighted by atomic mass is 10.2. The first kappa shape index (κ1) is 13.6. The number of amides is 2. The molecule has 2 aromatic rings. The van der Waals surface area contributed by atoms with Crippen LogP contribution in [-0.2, 0) is 4.79 Å². The van der Waals surface area contributed by atoms with Gasteiger partial charge < -0.3 is 20.0 Å². The first-order valence-electron chi connectivity index (χ1n) is 6.99. The highest BCUT2D eigenvalue weighted by atomic mass is 16.3. The van der Waals surface area contributed by atoms with Gasteiger partial charge in [-0.25, -0.2) is 0 Å². The van der Waals surface area contributed by atoms with E-state index in [2.05, 4.69) is 10.6 Å². The molecule has 6 heteroatoms. The fourth-order valence-electron chi connectivity index (χ4n) is 2.36. The maximum atomic E-state index is 12.0. The quantitative estimate of drug-likeness (QED) is 0.866. The van der Waals surface area contributed by atoms with Crippen LogP contribution in [0.5, 0.6) is 0 Å². The molecule has 0 saturated carbocycles. The molecule has 0 atom stereocenters. The standard InChI is InChI=1S/C15H17N3O3/c19-14(18-7-5-16-6-8-18)10-17-15(20)13-9-11-3-1-2-4-12(11)21-13/h1-4,9,16H,5-8,10H2,(H,17,20). The van der Waals surface area contributed by atoms with E-state index >= 15 is 0 Å². The van der Waals surface area contributed by atoms with Gasteiger partial charge in [-0.05, 0) is 12.1 Å². The zero-order chi connectivity index (χ0) is 14.7. The van der Waals surface area contributed by atoms with Gasteiger partial charge in [-0.2, -0.15) is 0 Å². The molecule has 2 N–H and O–H groups in total. The van der Waals surface area contributed by atoms with E-state index in [1.54, 1.807) is 17.0 Å². The van der Waals surface area contributed by atoms with Crippen molar-refractivity contribution in [3.63, 3.8) is 0 Å². The number of furan rings is 1. The molecular formula is C15H17N3O3. The number of nitrogens with zero attached hydrogens (tertiary/aromatic N) is 1. The Labute approximate surface area is 122 Å².